The van der Waals surface area contributed by atoms with Gasteiger partial charge in [0.25, 0.3) is 11.8 Å². The number of amides is 2. The summed E-state index contributed by atoms with van der Waals surface area (Å²) >= 11 is 0. The molecule has 0 fully saturated rings. The van der Waals surface area contributed by atoms with Crippen LogP contribution in [0.25, 0.3) is 0 Å². The Bertz CT molecular complexity index is 914. The minimum absolute atomic E-state index is 0.173. The standard InChI is InChI=1S/C21H21NO4/c1-12(2)11-22-19(23)17-8-6-15(10-18(17)20(22)24)21(25)26-16-7-5-13(3)14(4)9-16/h5-10,12H,11H2,1-4H3. The Morgan fingerprint density at radius 1 is 0.962 bits per heavy atom. The van der Waals surface area contributed by atoms with Crippen molar-refractivity contribution in [1.29, 1.82) is 0 Å². The summed E-state index contributed by atoms with van der Waals surface area (Å²) in [6.45, 7) is 8.16. The molecule has 3 rings (SSSR count). The molecule has 0 unspecified atom stereocenters. The third kappa shape index (κ3) is 3.25. The average molecular weight is 351 g/mol. The third-order valence-electron chi connectivity index (χ3n) is 4.44. The maximum atomic E-state index is 12.5. The smallest absolute Gasteiger partial charge is 0.343 e. The lowest BCUT2D eigenvalue weighted by atomic mass is 10.1. The van der Waals surface area contributed by atoms with Gasteiger partial charge in [0, 0.05) is 6.54 Å². The Hall–Kier alpha value is -2.95. The summed E-state index contributed by atoms with van der Waals surface area (Å²) in [4.78, 5) is 38.5. The van der Waals surface area contributed by atoms with E-state index in [1.807, 2.05) is 33.8 Å². The molecule has 5 heteroatoms. The van der Waals surface area contributed by atoms with E-state index in [1.165, 1.54) is 23.1 Å². The molecule has 0 atom stereocenters. The lowest BCUT2D eigenvalue weighted by Gasteiger charge is -2.15. The quantitative estimate of drug-likeness (QED) is 0.478. The molecular weight excluding hydrogens is 330 g/mol. The van der Waals surface area contributed by atoms with E-state index in [1.54, 1.807) is 12.1 Å². The predicted octanol–water partition coefficient (Wildman–Crippen LogP) is 3.77. The number of hydrogen-bond donors (Lipinski definition) is 0. The van der Waals surface area contributed by atoms with Crippen LogP contribution in [0.4, 0.5) is 0 Å². The van der Waals surface area contributed by atoms with Gasteiger partial charge in [-0.15, -0.1) is 0 Å². The molecule has 0 aromatic heterocycles. The van der Waals surface area contributed by atoms with Crippen molar-refractivity contribution in [2.24, 2.45) is 5.92 Å². The molecule has 0 spiro atoms. The molecule has 26 heavy (non-hydrogen) atoms. The molecule has 0 saturated heterocycles. The molecule has 2 amide bonds. The molecule has 0 bridgehead atoms. The minimum Gasteiger partial charge on any atom is -0.423 e. The van der Waals surface area contributed by atoms with Crippen LogP contribution in [0.5, 0.6) is 5.75 Å². The largest absolute Gasteiger partial charge is 0.423 e. The van der Waals surface area contributed by atoms with Gasteiger partial charge in [-0.1, -0.05) is 19.9 Å². The fourth-order valence-electron chi connectivity index (χ4n) is 2.89. The number of fused-ring (bicyclic) bond motifs is 1. The zero-order chi connectivity index (χ0) is 19.0. The fourth-order valence-corrected chi connectivity index (χ4v) is 2.89. The van der Waals surface area contributed by atoms with Crippen LogP contribution >= 0.6 is 0 Å². The van der Waals surface area contributed by atoms with Crippen LogP contribution in [-0.2, 0) is 0 Å². The van der Waals surface area contributed by atoms with Crippen LogP contribution in [0.1, 0.15) is 56.0 Å². The maximum Gasteiger partial charge on any atom is 0.343 e. The van der Waals surface area contributed by atoms with Gasteiger partial charge in [-0.2, -0.15) is 0 Å². The fraction of sp³-hybridized carbons (Fsp3) is 0.286. The number of benzene rings is 2. The normalized spacial score (nSPS) is 13.3. The molecule has 0 saturated carbocycles. The van der Waals surface area contributed by atoms with Crippen molar-refractivity contribution in [2.45, 2.75) is 27.7 Å². The van der Waals surface area contributed by atoms with Gasteiger partial charge in [0.2, 0.25) is 0 Å². The molecule has 1 aliphatic heterocycles. The summed E-state index contributed by atoms with van der Waals surface area (Å²) in [7, 11) is 0. The Labute approximate surface area is 152 Å². The highest BCUT2D eigenvalue weighted by Crippen LogP contribution is 2.26. The van der Waals surface area contributed by atoms with Crippen molar-refractivity contribution < 1.29 is 19.1 Å². The van der Waals surface area contributed by atoms with Crippen LogP contribution in [0.15, 0.2) is 36.4 Å². The predicted molar refractivity (Wildman–Crippen MR) is 97.5 cm³/mol. The highest BCUT2D eigenvalue weighted by atomic mass is 16.5. The molecular formula is C21H21NO4. The summed E-state index contributed by atoms with van der Waals surface area (Å²) in [6.07, 6.45) is 0. The van der Waals surface area contributed by atoms with E-state index in [2.05, 4.69) is 0 Å². The van der Waals surface area contributed by atoms with Crippen molar-refractivity contribution in [3.8, 4) is 5.75 Å². The monoisotopic (exact) mass is 351 g/mol. The first kappa shape index (κ1) is 17.9. The first-order valence-electron chi connectivity index (χ1n) is 8.57. The average Bonchev–Trinajstić information content (AvgIpc) is 2.82. The second kappa shape index (κ2) is 6.75. The van der Waals surface area contributed by atoms with Gasteiger partial charge in [-0.25, -0.2) is 4.79 Å². The van der Waals surface area contributed by atoms with Gasteiger partial charge >= 0.3 is 5.97 Å². The van der Waals surface area contributed by atoms with E-state index >= 15 is 0 Å². The number of carbonyl (C=O) groups is 3. The SMILES string of the molecule is Cc1ccc(OC(=O)c2ccc3c(c2)C(=O)N(CC(C)C)C3=O)cc1C. The summed E-state index contributed by atoms with van der Waals surface area (Å²) in [5, 5.41) is 0. The van der Waals surface area contributed by atoms with Gasteiger partial charge in [-0.05, 0) is 61.2 Å². The Morgan fingerprint density at radius 2 is 1.65 bits per heavy atom. The Kier molecular flexibility index (Phi) is 4.64. The zero-order valence-electron chi connectivity index (χ0n) is 15.3. The van der Waals surface area contributed by atoms with Gasteiger partial charge in [0.05, 0.1) is 16.7 Å². The molecule has 0 aliphatic carbocycles. The maximum absolute atomic E-state index is 12.5. The van der Waals surface area contributed by atoms with Crippen molar-refractivity contribution in [2.75, 3.05) is 6.54 Å². The molecule has 0 radical (unpaired) electrons. The van der Waals surface area contributed by atoms with E-state index < -0.39 is 5.97 Å². The van der Waals surface area contributed by atoms with Crippen LogP contribution in [-0.4, -0.2) is 29.2 Å². The molecule has 134 valence electrons. The first-order valence-corrected chi connectivity index (χ1v) is 8.57. The van der Waals surface area contributed by atoms with E-state index in [4.69, 9.17) is 4.74 Å². The van der Waals surface area contributed by atoms with Gasteiger partial charge in [0.15, 0.2) is 0 Å². The molecule has 1 heterocycles. The number of esters is 1. The summed E-state index contributed by atoms with van der Waals surface area (Å²) in [5.41, 5.74) is 2.96. The van der Waals surface area contributed by atoms with Crippen LogP contribution in [0.2, 0.25) is 0 Å². The van der Waals surface area contributed by atoms with Gasteiger partial charge in [0.1, 0.15) is 5.75 Å². The van der Waals surface area contributed by atoms with E-state index in [9.17, 15) is 14.4 Å². The number of aryl methyl sites for hydroxylation is 2. The van der Waals surface area contributed by atoms with E-state index in [0.717, 1.165) is 11.1 Å². The number of carbonyl (C=O) groups excluding carboxylic acids is 3. The van der Waals surface area contributed by atoms with Crippen LogP contribution in [0.3, 0.4) is 0 Å². The summed E-state index contributed by atoms with van der Waals surface area (Å²) < 4.78 is 5.40. The second-order valence-corrected chi connectivity index (χ2v) is 7.01. The van der Waals surface area contributed by atoms with Gasteiger partial charge in [-0.3, -0.25) is 14.5 Å². The minimum atomic E-state index is -0.557. The van der Waals surface area contributed by atoms with E-state index in [0.29, 0.717) is 17.9 Å². The molecule has 5 nitrogen and oxygen atoms in total. The van der Waals surface area contributed by atoms with Gasteiger partial charge < -0.3 is 4.74 Å². The Morgan fingerprint density at radius 3 is 2.31 bits per heavy atom. The summed E-state index contributed by atoms with van der Waals surface area (Å²) in [6, 6.07) is 9.89. The topological polar surface area (TPSA) is 63.7 Å². The highest BCUT2D eigenvalue weighted by Gasteiger charge is 2.36. The summed E-state index contributed by atoms with van der Waals surface area (Å²) in [5.74, 6) is -0.611. The van der Waals surface area contributed by atoms with Crippen molar-refractivity contribution in [3.05, 3.63) is 64.2 Å². The van der Waals surface area contributed by atoms with Crippen LogP contribution < -0.4 is 4.74 Å². The number of imide groups is 1. The lowest BCUT2D eigenvalue weighted by Crippen LogP contribution is -2.33. The highest BCUT2D eigenvalue weighted by molar-refractivity contribution is 6.22. The second-order valence-electron chi connectivity index (χ2n) is 7.01. The Balaban J connectivity index is 1.84. The van der Waals surface area contributed by atoms with Crippen molar-refractivity contribution >= 4 is 17.8 Å². The number of ether oxygens (including phenoxy) is 1. The lowest BCUT2D eigenvalue weighted by molar-refractivity contribution is 0.0635. The first-order chi connectivity index (χ1) is 12.3. The zero-order valence-corrected chi connectivity index (χ0v) is 15.3. The third-order valence-corrected chi connectivity index (χ3v) is 4.44. The number of hydrogen-bond acceptors (Lipinski definition) is 4. The molecule has 0 N–H and O–H groups in total. The molecule has 2 aromatic carbocycles. The van der Waals surface area contributed by atoms with Crippen molar-refractivity contribution in [1.82, 2.24) is 4.90 Å². The molecule has 2 aromatic rings. The van der Waals surface area contributed by atoms with Crippen molar-refractivity contribution in [3.63, 3.8) is 0 Å². The van der Waals surface area contributed by atoms with E-state index in [-0.39, 0.29) is 28.9 Å². The number of rotatable bonds is 4. The number of nitrogens with zero attached hydrogens (tertiary/aromatic N) is 1. The van der Waals surface area contributed by atoms with Crippen LogP contribution in [0, 0.1) is 19.8 Å². The molecule has 1 aliphatic rings.